The normalized spacial score (nSPS) is 20.4. The van der Waals surface area contributed by atoms with Crippen molar-refractivity contribution in [2.75, 3.05) is 0 Å². The van der Waals surface area contributed by atoms with Crippen molar-refractivity contribution < 1.29 is 4.80 Å². The largest absolute Gasteiger partial charge is 0.566 e. The summed E-state index contributed by atoms with van der Waals surface area (Å²) in [5.74, 6) is 0. The van der Waals surface area contributed by atoms with Crippen molar-refractivity contribution in [1.29, 1.82) is 0 Å². The zero-order chi connectivity index (χ0) is 3.70. The second-order valence-electron chi connectivity index (χ2n) is 1.23. The summed E-state index contributed by atoms with van der Waals surface area (Å²) < 4.78 is 0. The maximum absolute atomic E-state index is 8.49. The van der Waals surface area contributed by atoms with Crippen LogP contribution in [0.3, 0.4) is 0 Å². The predicted octanol–water partition coefficient (Wildman–Crippen LogP) is -0.242. The van der Waals surface area contributed by atoms with E-state index in [4.69, 9.17) is 4.80 Å². The highest BCUT2D eigenvalue weighted by atomic mass is 28.3. The molecule has 0 saturated carbocycles. The molecule has 0 aliphatic carbocycles. The monoisotopic (exact) mass is 86.0 g/mol. The van der Waals surface area contributed by atoms with Gasteiger partial charge in [0.2, 0.25) is 8.65 Å². The van der Waals surface area contributed by atoms with Crippen molar-refractivity contribution in [1.82, 2.24) is 0 Å². The molecule has 0 aromatic carbocycles. The van der Waals surface area contributed by atoms with Crippen molar-refractivity contribution in [3.05, 3.63) is 0 Å². The van der Waals surface area contributed by atoms with Gasteiger partial charge < -0.3 is 4.80 Å². The van der Waals surface area contributed by atoms with Crippen LogP contribution in [0.2, 0.25) is 6.04 Å². The smallest absolute Gasteiger partial charge is 0.224 e. The number of rotatable bonds is 0. The molecule has 1 rings (SSSR count). The SMILES string of the molecule is O[Si]1=CCC1. The molecule has 2 heteroatoms. The van der Waals surface area contributed by atoms with Crippen LogP contribution in [0.25, 0.3) is 0 Å². The van der Waals surface area contributed by atoms with E-state index in [0.29, 0.717) is 0 Å². The van der Waals surface area contributed by atoms with Crippen molar-refractivity contribution in [2.45, 2.75) is 12.5 Å². The molecule has 0 radical (unpaired) electrons. The third kappa shape index (κ3) is 0.399. The van der Waals surface area contributed by atoms with Crippen LogP contribution in [0.15, 0.2) is 0 Å². The van der Waals surface area contributed by atoms with E-state index >= 15 is 0 Å². The van der Waals surface area contributed by atoms with E-state index in [0.717, 1.165) is 12.5 Å². The Balaban J connectivity index is 2.51. The van der Waals surface area contributed by atoms with Gasteiger partial charge in [-0.05, 0) is 12.5 Å². The lowest BCUT2D eigenvalue weighted by Crippen LogP contribution is -2.13. The summed E-state index contributed by atoms with van der Waals surface area (Å²) in [7, 11) is -0.818. The van der Waals surface area contributed by atoms with Gasteiger partial charge in [-0.2, -0.15) is 0 Å². The minimum absolute atomic E-state index is 0.818. The second-order valence-corrected chi connectivity index (χ2v) is 3.13. The molecule has 0 bridgehead atoms. The molecule has 0 fully saturated rings. The minimum Gasteiger partial charge on any atom is -0.566 e. The summed E-state index contributed by atoms with van der Waals surface area (Å²) >= 11 is 0. The van der Waals surface area contributed by atoms with Crippen LogP contribution in [0, 0.1) is 0 Å². The summed E-state index contributed by atoms with van der Waals surface area (Å²) in [5.41, 5.74) is 2.00. The standard InChI is InChI=1S/C3H6OSi/c4-5-2-1-3-5/h2,4H,1,3H2. The van der Waals surface area contributed by atoms with Gasteiger partial charge in [0.25, 0.3) is 0 Å². The highest BCUT2D eigenvalue weighted by Crippen LogP contribution is 1.94. The fourth-order valence-corrected chi connectivity index (χ4v) is 0.820. The minimum atomic E-state index is -0.818. The molecular weight excluding hydrogens is 80.1 g/mol. The average Bonchev–Trinajstić information content (AvgIpc) is 1.30. The number of hydrogen-bond donors (Lipinski definition) is 1. The first kappa shape index (κ1) is 3.09. The van der Waals surface area contributed by atoms with Gasteiger partial charge in [-0.25, -0.2) is 0 Å². The summed E-state index contributed by atoms with van der Waals surface area (Å²) in [4.78, 5) is 8.49. The van der Waals surface area contributed by atoms with E-state index in [2.05, 4.69) is 0 Å². The van der Waals surface area contributed by atoms with Gasteiger partial charge >= 0.3 is 0 Å². The van der Waals surface area contributed by atoms with Gasteiger partial charge in [0.1, 0.15) is 0 Å². The van der Waals surface area contributed by atoms with Crippen molar-refractivity contribution >= 4 is 14.3 Å². The lowest BCUT2D eigenvalue weighted by atomic mass is 10.6. The molecule has 1 aliphatic heterocycles. The Kier molecular flexibility index (Phi) is 0.578. The van der Waals surface area contributed by atoms with E-state index in [9.17, 15) is 0 Å². The maximum atomic E-state index is 8.49. The molecule has 0 aromatic rings. The van der Waals surface area contributed by atoms with Crippen LogP contribution in [-0.2, 0) is 0 Å². The molecule has 0 amide bonds. The average molecular weight is 86.2 g/mol. The van der Waals surface area contributed by atoms with Gasteiger partial charge in [-0.15, -0.1) is 0 Å². The molecule has 1 N–H and O–H groups in total. The third-order valence-electron chi connectivity index (χ3n) is 0.780. The van der Waals surface area contributed by atoms with Crippen molar-refractivity contribution in [2.24, 2.45) is 0 Å². The number of hydrogen-bond acceptors (Lipinski definition) is 1. The Morgan fingerprint density at radius 3 is 2.20 bits per heavy atom. The van der Waals surface area contributed by atoms with Crippen LogP contribution in [0.4, 0.5) is 0 Å². The first-order chi connectivity index (χ1) is 2.39. The van der Waals surface area contributed by atoms with Gasteiger partial charge in [0, 0.05) is 0 Å². The highest BCUT2D eigenvalue weighted by molar-refractivity contribution is 6.63. The first-order valence-electron chi connectivity index (χ1n) is 1.77. The molecule has 1 heterocycles. The molecule has 5 heavy (non-hydrogen) atoms. The molecule has 0 spiro atoms. The molecule has 0 unspecified atom stereocenters. The fourth-order valence-electron chi connectivity index (χ4n) is 0.273. The Morgan fingerprint density at radius 2 is 2.20 bits per heavy atom. The van der Waals surface area contributed by atoms with Crippen LogP contribution >= 0.6 is 0 Å². The molecule has 28 valence electrons. The maximum Gasteiger partial charge on any atom is 0.224 e. The summed E-state index contributed by atoms with van der Waals surface area (Å²) in [6.45, 7) is 0. The molecule has 0 saturated heterocycles. The van der Waals surface area contributed by atoms with Crippen LogP contribution < -0.4 is 0 Å². The lowest BCUT2D eigenvalue weighted by Gasteiger charge is -2.01. The Bertz CT molecular complexity index is 67.3. The van der Waals surface area contributed by atoms with E-state index in [-0.39, 0.29) is 0 Å². The molecular formula is C3H6OSi. The van der Waals surface area contributed by atoms with E-state index in [1.54, 1.807) is 0 Å². The zero-order valence-electron chi connectivity index (χ0n) is 2.94. The Hall–Kier alpha value is -0.113. The lowest BCUT2D eigenvalue weighted by molar-refractivity contribution is 0.589. The van der Waals surface area contributed by atoms with Gasteiger partial charge in [-0.1, -0.05) is 5.67 Å². The van der Waals surface area contributed by atoms with E-state index in [1.807, 2.05) is 5.67 Å². The topological polar surface area (TPSA) is 20.2 Å². The predicted molar refractivity (Wildman–Crippen MR) is 23.5 cm³/mol. The van der Waals surface area contributed by atoms with Gasteiger partial charge in [0.05, 0.1) is 0 Å². The summed E-state index contributed by atoms with van der Waals surface area (Å²) in [6.07, 6.45) is 1.16. The van der Waals surface area contributed by atoms with Crippen molar-refractivity contribution in [3.8, 4) is 0 Å². The quantitative estimate of drug-likeness (QED) is 0.403. The van der Waals surface area contributed by atoms with Crippen LogP contribution in [0.1, 0.15) is 6.42 Å². The van der Waals surface area contributed by atoms with Gasteiger partial charge in [0.15, 0.2) is 0 Å². The highest BCUT2D eigenvalue weighted by Gasteiger charge is 2.01. The fraction of sp³-hybridized carbons (Fsp3) is 0.667. The summed E-state index contributed by atoms with van der Waals surface area (Å²) in [5, 5.41) is 0. The molecule has 1 nitrogen and oxygen atoms in total. The van der Waals surface area contributed by atoms with E-state index in [1.165, 1.54) is 0 Å². The van der Waals surface area contributed by atoms with Crippen LogP contribution in [0.5, 0.6) is 0 Å². The molecule has 0 atom stereocenters. The molecule has 0 aromatic heterocycles. The Labute approximate surface area is 32.6 Å². The van der Waals surface area contributed by atoms with E-state index < -0.39 is 8.65 Å². The second kappa shape index (κ2) is 0.935. The third-order valence-corrected chi connectivity index (χ3v) is 2.34. The Morgan fingerprint density at radius 1 is 1.80 bits per heavy atom. The van der Waals surface area contributed by atoms with Gasteiger partial charge in [-0.3, -0.25) is 0 Å². The first-order valence-corrected chi connectivity index (χ1v) is 3.51. The van der Waals surface area contributed by atoms with Crippen molar-refractivity contribution in [3.63, 3.8) is 0 Å². The van der Waals surface area contributed by atoms with Crippen LogP contribution in [-0.4, -0.2) is 19.1 Å². The molecule has 1 aliphatic rings. The zero-order valence-corrected chi connectivity index (χ0v) is 3.94. The summed E-state index contributed by atoms with van der Waals surface area (Å²) in [6, 6.07) is 1.09.